The Morgan fingerprint density at radius 2 is 2.43 bits per heavy atom. The molecule has 0 bridgehead atoms. The third kappa shape index (κ3) is 3.93. The zero-order chi connectivity index (χ0) is 10.4. The van der Waals surface area contributed by atoms with Crippen LogP contribution in [0.1, 0.15) is 25.7 Å². The minimum absolute atomic E-state index is 0.181. The molecule has 0 spiro atoms. The van der Waals surface area contributed by atoms with Gasteiger partial charge >= 0.3 is 5.97 Å². The molecule has 1 rings (SSSR count). The van der Waals surface area contributed by atoms with Crippen LogP contribution in [0.4, 0.5) is 0 Å². The highest BCUT2D eigenvalue weighted by molar-refractivity contribution is 5.83. The Kier molecular flexibility index (Phi) is 3.97. The lowest BCUT2D eigenvalue weighted by Gasteiger charge is -2.09. The highest BCUT2D eigenvalue weighted by atomic mass is 16.4. The van der Waals surface area contributed by atoms with Gasteiger partial charge in [0.05, 0.1) is 0 Å². The Balaban J connectivity index is 2.41. The molecule has 78 valence electrons. The fraction of sp³-hybridized carbons (Fsp3) is 0.556. The van der Waals surface area contributed by atoms with Crippen LogP contribution in [0.5, 0.6) is 0 Å². The van der Waals surface area contributed by atoms with E-state index in [1.807, 2.05) is 6.08 Å². The topological polar surface area (TPSA) is 87.7 Å². The first-order valence-corrected chi connectivity index (χ1v) is 4.67. The second-order valence-electron chi connectivity index (χ2n) is 3.19. The zero-order valence-corrected chi connectivity index (χ0v) is 7.99. The van der Waals surface area contributed by atoms with Gasteiger partial charge in [0.15, 0.2) is 5.96 Å². The molecule has 0 saturated heterocycles. The summed E-state index contributed by atoms with van der Waals surface area (Å²) in [6, 6.07) is 0. The number of carboxylic acids is 1. The average molecular weight is 197 g/mol. The molecule has 0 aromatic rings. The maximum atomic E-state index is 10.2. The molecule has 0 heterocycles. The fourth-order valence-electron chi connectivity index (χ4n) is 1.28. The minimum Gasteiger partial charge on any atom is -0.480 e. The molecule has 0 atom stereocenters. The summed E-state index contributed by atoms with van der Waals surface area (Å²) in [6.07, 6.45) is 6.32. The van der Waals surface area contributed by atoms with Crippen LogP contribution in [-0.2, 0) is 4.79 Å². The van der Waals surface area contributed by atoms with E-state index in [4.69, 9.17) is 10.8 Å². The van der Waals surface area contributed by atoms with Crippen molar-refractivity contribution in [2.24, 2.45) is 10.7 Å². The maximum absolute atomic E-state index is 10.2. The smallest absolute Gasteiger partial charge is 0.322 e. The van der Waals surface area contributed by atoms with Gasteiger partial charge in [-0.2, -0.15) is 0 Å². The SMILES string of the molecule is NC(=NC1=CCCCC1)NCC(=O)O. The van der Waals surface area contributed by atoms with Crippen LogP contribution in [0.15, 0.2) is 16.8 Å². The van der Waals surface area contributed by atoms with Crippen LogP contribution in [0.2, 0.25) is 0 Å². The first kappa shape index (κ1) is 10.6. The number of nitrogens with one attached hydrogen (secondary N) is 1. The van der Waals surface area contributed by atoms with E-state index in [0.29, 0.717) is 0 Å². The molecule has 0 aromatic carbocycles. The quantitative estimate of drug-likeness (QED) is 0.452. The highest BCUT2D eigenvalue weighted by Crippen LogP contribution is 2.17. The van der Waals surface area contributed by atoms with Gasteiger partial charge in [0, 0.05) is 5.70 Å². The number of carboxylic acid groups (broad SMARTS) is 1. The monoisotopic (exact) mass is 197 g/mol. The Labute approximate surface area is 82.7 Å². The Hall–Kier alpha value is -1.52. The number of aliphatic carboxylic acids is 1. The van der Waals surface area contributed by atoms with Crippen molar-refractivity contribution in [2.45, 2.75) is 25.7 Å². The predicted octanol–water partition coefficient (Wildman–Crippen LogP) is 0.433. The van der Waals surface area contributed by atoms with Crippen LogP contribution in [0.3, 0.4) is 0 Å². The molecule has 1 aliphatic carbocycles. The molecule has 0 radical (unpaired) electrons. The summed E-state index contributed by atoms with van der Waals surface area (Å²) in [5.74, 6) is -0.763. The second kappa shape index (κ2) is 5.26. The van der Waals surface area contributed by atoms with Crippen molar-refractivity contribution in [1.29, 1.82) is 0 Å². The van der Waals surface area contributed by atoms with Gasteiger partial charge in [0.2, 0.25) is 0 Å². The number of guanidine groups is 1. The van der Waals surface area contributed by atoms with E-state index in [1.165, 1.54) is 6.42 Å². The predicted molar refractivity (Wildman–Crippen MR) is 53.8 cm³/mol. The summed E-state index contributed by atoms with van der Waals surface area (Å²) in [7, 11) is 0. The van der Waals surface area contributed by atoms with E-state index in [0.717, 1.165) is 25.0 Å². The van der Waals surface area contributed by atoms with E-state index in [-0.39, 0.29) is 12.5 Å². The molecular weight excluding hydrogens is 182 g/mol. The van der Waals surface area contributed by atoms with Gasteiger partial charge in [-0.1, -0.05) is 6.08 Å². The van der Waals surface area contributed by atoms with Crippen molar-refractivity contribution < 1.29 is 9.90 Å². The lowest BCUT2D eigenvalue weighted by molar-refractivity contribution is -0.135. The van der Waals surface area contributed by atoms with Gasteiger partial charge in [-0.05, 0) is 25.7 Å². The summed E-state index contributed by atoms with van der Waals surface area (Å²) in [5, 5.41) is 10.9. The molecule has 5 nitrogen and oxygen atoms in total. The molecule has 0 aromatic heterocycles. The molecule has 5 heteroatoms. The summed E-state index contributed by atoms with van der Waals surface area (Å²) in [6.45, 7) is -0.192. The summed E-state index contributed by atoms with van der Waals surface area (Å²) in [5.41, 5.74) is 6.44. The largest absolute Gasteiger partial charge is 0.480 e. The summed E-state index contributed by atoms with van der Waals surface area (Å²) >= 11 is 0. The first-order chi connectivity index (χ1) is 6.68. The van der Waals surface area contributed by atoms with Gasteiger partial charge in [0.1, 0.15) is 6.54 Å². The number of carbonyl (C=O) groups is 1. The summed E-state index contributed by atoms with van der Waals surface area (Å²) in [4.78, 5) is 14.3. The van der Waals surface area contributed by atoms with Crippen LogP contribution in [-0.4, -0.2) is 23.6 Å². The Bertz CT molecular complexity index is 271. The van der Waals surface area contributed by atoms with Gasteiger partial charge in [-0.25, -0.2) is 4.99 Å². The minimum atomic E-state index is -0.944. The van der Waals surface area contributed by atoms with E-state index in [9.17, 15) is 4.79 Å². The van der Waals surface area contributed by atoms with Crippen molar-refractivity contribution in [3.8, 4) is 0 Å². The van der Waals surface area contributed by atoms with Gasteiger partial charge in [-0.3, -0.25) is 4.79 Å². The van der Waals surface area contributed by atoms with Crippen molar-refractivity contribution >= 4 is 11.9 Å². The standard InChI is InChI=1S/C9H15N3O2/c10-9(11-6-8(13)14)12-7-4-2-1-3-5-7/h4H,1-3,5-6H2,(H,13,14)(H3,10,11,12). The molecule has 1 aliphatic rings. The normalized spacial score (nSPS) is 17.4. The van der Waals surface area contributed by atoms with Crippen LogP contribution >= 0.6 is 0 Å². The number of aliphatic imine (C=N–C) groups is 1. The fourth-order valence-corrected chi connectivity index (χ4v) is 1.28. The van der Waals surface area contributed by atoms with Crippen LogP contribution < -0.4 is 11.1 Å². The molecular formula is C9H15N3O2. The average Bonchev–Trinajstić information content (AvgIpc) is 2.16. The maximum Gasteiger partial charge on any atom is 0.322 e. The van der Waals surface area contributed by atoms with Gasteiger partial charge < -0.3 is 16.2 Å². The molecule has 0 aliphatic heterocycles. The van der Waals surface area contributed by atoms with Crippen molar-refractivity contribution in [3.05, 3.63) is 11.8 Å². The summed E-state index contributed by atoms with van der Waals surface area (Å²) < 4.78 is 0. The third-order valence-electron chi connectivity index (χ3n) is 1.95. The van der Waals surface area contributed by atoms with Crippen molar-refractivity contribution in [3.63, 3.8) is 0 Å². The number of hydrogen-bond donors (Lipinski definition) is 3. The van der Waals surface area contributed by atoms with Crippen LogP contribution in [0.25, 0.3) is 0 Å². The molecule has 0 amide bonds. The Morgan fingerprint density at radius 3 is 3.00 bits per heavy atom. The molecule has 0 fully saturated rings. The van der Waals surface area contributed by atoms with E-state index in [2.05, 4.69) is 10.3 Å². The number of rotatable bonds is 3. The van der Waals surface area contributed by atoms with E-state index >= 15 is 0 Å². The lowest BCUT2D eigenvalue weighted by atomic mass is 10.1. The Morgan fingerprint density at radius 1 is 1.64 bits per heavy atom. The third-order valence-corrected chi connectivity index (χ3v) is 1.95. The van der Waals surface area contributed by atoms with Crippen molar-refractivity contribution in [1.82, 2.24) is 5.32 Å². The van der Waals surface area contributed by atoms with E-state index in [1.54, 1.807) is 0 Å². The van der Waals surface area contributed by atoms with Crippen molar-refractivity contribution in [2.75, 3.05) is 6.54 Å². The van der Waals surface area contributed by atoms with Gasteiger partial charge in [-0.15, -0.1) is 0 Å². The molecule has 0 unspecified atom stereocenters. The number of nitrogens with zero attached hydrogens (tertiary/aromatic N) is 1. The highest BCUT2D eigenvalue weighted by Gasteiger charge is 2.03. The van der Waals surface area contributed by atoms with E-state index < -0.39 is 5.97 Å². The second-order valence-corrected chi connectivity index (χ2v) is 3.19. The molecule has 4 N–H and O–H groups in total. The molecule has 0 saturated carbocycles. The number of nitrogens with two attached hydrogens (primary N) is 1. The van der Waals surface area contributed by atoms with Crippen LogP contribution in [0, 0.1) is 0 Å². The first-order valence-electron chi connectivity index (χ1n) is 4.67. The lowest BCUT2D eigenvalue weighted by Crippen LogP contribution is -2.35. The number of hydrogen-bond acceptors (Lipinski definition) is 2. The number of allylic oxidation sites excluding steroid dienone is 2. The van der Waals surface area contributed by atoms with Gasteiger partial charge in [0.25, 0.3) is 0 Å². The zero-order valence-electron chi connectivity index (χ0n) is 7.99. The molecule has 14 heavy (non-hydrogen) atoms.